The zero-order valence-electron chi connectivity index (χ0n) is 12.8. The van der Waals surface area contributed by atoms with Gasteiger partial charge in [0.05, 0.1) is 39.0 Å². The highest BCUT2D eigenvalue weighted by atomic mass is 32.1. The summed E-state index contributed by atoms with van der Waals surface area (Å²) in [6.45, 7) is 6.63. The van der Waals surface area contributed by atoms with Crippen LogP contribution in [0.15, 0.2) is 24.3 Å². The van der Waals surface area contributed by atoms with E-state index in [0.29, 0.717) is 0 Å². The Labute approximate surface area is 137 Å². The number of hydrogen-bond acceptors (Lipinski definition) is 3. The maximum Gasteiger partial charge on any atom is 0.166 e. The van der Waals surface area contributed by atoms with Gasteiger partial charge in [0.1, 0.15) is 18.8 Å². The van der Waals surface area contributed by atoms with Crippen molar-refractivity contribution in [2.24, 2.45) is 0 Å². The van der Waals surface area contributed by atoms with Gasteiger partial charge in [-0.25, -0.2) is 0 Å². The Balaban J connectivity index is 1.44. The summed E-state index contributed by atoms with van der Waals surface area (Å²) in [6, 6.07) is 8.40. The molecular formula is C16H24N3O2S+. The number of rotatable bonds is 4. The molecule has 2 heterocycles. The van der Waals surface area contributed by atoms with E-state index in [0.717, 1.165) is 63.3 Å². The minimum Gasteiger partial charge on any atom is -0.493 e. The third-order valence-electron chi connectivity index (χ3n) is 4.23. The van der Waals surface area contributed by atoms with Crippen LogP contribution in [0.2, 0.25) is 0 Å². The fourth-order valence-corrected chi connectivity index (χ4v) is 3.21. The van der Waals surface area contributed by atoms with Gasteiger partial charge in [-0.2, -0.15) is 0 Å². The number of benzene rings is 1. The highest BCUT2D eigenvalue weighted by Gasteiger charge is 2.21. The van der Waals surface area contributed by atoms with Crippen molar-refractivity contribution in [1.29, 1.82) is 0 Å². The summed E-state index contributed by atoms with van der Waals surface area (Å²) in [4.78, 5) is 1.58. The standard InChI is InChI=1S/C16H23N3O2S/c22-16(17-6-7-19-8-11-20-12-9-19)18-14-5-10-21-15-4-2-1-3-13(14)15/h1-4,14H,5-12H2,(H2,17,18,22)/p+1/t14-/m0/s1. The molecule has 1 aromatic carbocycles. The maximum absolute atomic E-state index is 5.68. The van der Waals surface area contributed by atoms with Gasteiger partial charge >= 0.3 is 0 Å². The lowest BCUT2D eigenvalue weighted by molar-refractivity contribution is -0.906. The van der Waals surface area contributed by atoms with Crippen LogP contribution in [0.4, 0.5) is 0 Å². The van der Waals surface area contributed by atoms with Crippen molar-refractivity contribution in [1.82, 2.24) is 10.6 Å². The van der Waals surface area contributed by atoms with Crippen molar-refractivity contribution in [2.45, 2.75) is 12.5 Å². The van der Waals surface area contributed by atoms with Gasteiger partial charge in [0, 0.05) is 12.0 Å². The van der Waals surface area contributed by atoms with Crippen molar-refractivity contribution in [3.63, 3.8) is 0 Å². The first-order chi connectivity index (χ1) is 10.8. The molecule has 1 saturated heterocycles. The first-order valence-corrected chi connectivity index (χ1v) is 8.41. The molecule has 0 bridgehead atoms. The van der Waals surface area contributed by atoms with E-state index < -0.39 is 0 Å². The molecule has 0 amide bonds. The zero-order valence-corrected chi connectivity index (χ0v) is 13.6. The highest BCUT2D eigenvalue weighted by molar-refractivity contribution is 7.80. The van der Waals surface area contributed by atoms with Gasteiger partial charge in [-0.15, -0.1) is 0 Å². The van der Waals surface area contributed by atoms with E-state index in [4.69, 9.17) is 21.7 Å². The van der Waals surface area contributed by atoms with Crippen LogP contribution >= 0.6 is 12.2 Å². The predicted octanol–water partition coefficient (Wildman–Crippen LogP) is -0.111. The number of quaternary nitrogens is 1. The van der Waals surface area contributed by atoms with Gasteiger partial charge in [0.15, 0.2) is 5.11 Å². The molecule has 3 N–H and O–H groups in total. The molecule has 5 nitrogen and oxygen atoms in total. The molecule has 120 valence electrons. The van der Waals surface area contributed by atoms with Crippen LogP contribution in [0.25, 0.3) is 0 Å². The lowest BCUT2D eigenvalue weighted by atomic mass is 10.0. The first-order valence-electron chi connectivity index (χ1n) is 8.00. The molecule has 6 heteroatoms. The fourth-order valence-electron chi connectivity index (χ4n) is 2.96. The number of para-hydroxylation sites is 1. The normalized spacial score (nSPS) is 21.5. The molecule has 1 aromatic rings. The molecule has 22 heavy (non-hydrogen) atoms. The van der Waals surface area contributed by atoms with Gasteiger partial charge in [0.2, 0.25) is 0 Å². The molecule has 1 atom stereocenters. The Morgan fingerprint density at radius 1 is 1.23 bits per heavy atom. The van der Waals surface area contributed by atoms with Crippen LogP contribution in [-0.4, -0.2) is 51.1 Å². The van der Waals surface area contributed by atoms with Crippen LogP contribution in [0.3, 0.4) is 0 Å². The van der Waals surface area contributed by atoms with Crippen LogP contribution in [0.1, 0.15) is 18.0 Å². The summed E-state index contributed by atoms with van der Waals surface area (Å²) in [6.07, 6.45) is 0.938. The molecule has 1 fully saturated rings. The number of nitrogens with one attached hydrogen (secondary N) is 3. The summed E-state index contributed by atoms with van der Waals surface area (Å²) in [5, 5.41) is 7.48. The Kier molecular flexibility index (Phi) is 5.48. The van der Waals surface area contributed by atoms with Crippen molar-refractivity contribution >= 4 is 17.3 Å². The molecule has 2 aliphatic heterocycles. The maximum atomic E-state index is 5.68. The first kappa shape index (κ1) is 15.5. The van der Waals surface area contributed by atoms with E-state index in [9.17, 15) is 0 Å². The summed E-state index contributed by atoms with van der Waals surface area (Å²) in [5.74, 6) is 0.965. The fraction of sp³-hybridized carbons (Fsp3) is 0.562. The quantitative estimate of drug-likeness (QED) is 0.675. The van der Waals surface area contributed by atoms with Gasteiger partial charge in [-0.05, 0) is 18.3 Å². The number of ether oxygens (including phenoxy) is 2. The molecule has 0 aliphatic carbocycles. The number of thiocarbonyl (C=S) groups is 1. The summed E-state index contributed by atoms with van der Waals surface area (Å²) < 4.78 is 11.0. The van der Waals surface area contributed by atoms with E-state index in [2.05, 4.69) is 16.7 Å². The molecule has 0 aromatic heterocycles. The van der Waals surface area contributed by atoms with Crippen LogP contribution in [-0.2, 0) is 4.74 Å². The third kappa shape index (κ3) is 4.09. The number of fused-ring (bicyclic) bond motifs is 1. The molecule has 0 spiro atoms. The van der Waals surface area contributed by atoms with Crippen molar-refractivity contribution in [3.05, 3.63) is 29.8 Å². The smallest absolute Gasteiger partial charge is 0.166 e. The van der Waals surface area contributed by atoms with E-state index in [-0.39, 0.29) is 6.04 Å². The second-order valence-electron chi connectivity index (χ2n) is 5.74. The predicted molar refractivity (Wildman–Crippen MR) is 89.4 cm³/mol. The van der Waals surface area contributed by atoms with E-state index in [1.165, 1.54) is 5.56 Å². The van der Waals surface area contributed by atoms with E-state index in [1.807, 2.05) is 18.2 Å². The van der Waals surface area contributed by atoms with Crippen LogP contribution in [0.5, 0.6) is 5.75 Å². The number of morpholine rings is 1. The zero-order chi connectivity index (χ0) is 15.2. The lowest BCUT2D eigenvalue weighted by Crippen LogP contribution is -3.14. The second-order valence-corrected chi connectivity index (χ2v) is 6.15. The summed E-state index contributed by atoms with van der Waals surface area (Å²) in [5.41, 5.74) is 1.19. The summed E-state index contributed by atoms with van der Waals surface area (Å²) in [7, 11) is 0. The number of hydrogen-bond donors (Lipinski definition) is 3. The molecule has 3 rings (SSSR count). The molecule has 0 saturated carbocycles. The SMILES string of the molecule is S=C(NCC[NH+]1CCOCC1)N[C@H]1CCOc2ccccc21. The lowest BCUT2D eigenvalue weighted by Gasteiger charge is -2.28. The van der Waals surface area contributed by atoms with Gasteiger partial charge in [0.25, 0.3) is 0 Å². The molecular weight excluding hydrogens is 298 g/mol. The van der Waals surface area contributed by atoms with Gasteiger partial charge in [-0.1, -0.05) is 18.2 Å². The highest BCUT2D eigenvalue weighted by Crippen LogP contribution is 2.31. The van der Waals surface area contributed by atoms with E-state index in [1.54, 1.807) is 4.90 Å². The van der Waals surface area contributed by atoms with Gasteiger partial charge in [-0.3, -0.25) is 0 Å². The minimum atomic E-state index is 0.237. The molecule has 2 aliphatic rings. The second kappa shape index (κ2) is 7.76. The van der Waals surface area contributed by atoms with Crippen molar-refractivity contribution in [2.75, 3.05) is 46.0 Å². The summed E-state index contributed by atoms with van der Waals surface area (Å²) >= 11 is 5.43. The minimum absolute atomic E-state index is 0.237. The molecule has 0 radical (unpaired) electrons. The van der Waals surface area contributed by atoms with Crippen molar-refractivity contribution in [3.8, 4) is 5.75 Å². The van der Waals surface area contributed by atoms with E-state index >= 15 is 0 Å². The third-order valence-corrected chi connectivity index (χ3v) is 4.49. The van der Waals surface area contributed by atoms with Crippen molar-refractivity contribution < 1.29 is 14.4 Å². The Morgan fingerprint density at radius 2 is 2.05 bits per heavy atom. The Morgan fingerprint density at radius 3 is 2.91 bits per heavy atom. The topological polar surface area (TPSA) is 47.0 Å². The van der Waals surface area contributed by atoms with Gasteiger partial charge < -0.3 is 25.0 Å². The Bertz CT molecular complexity index is 506. The Hall–Kier alpha value is -1.37. The van der Waals surface area contributed by atoms with Crippen LogP contribution in [0, 0.1) is 0 Å². The average Bonchev–Trinajstić information content (AvgIpc) is 2.56. The molecule has 0 unspecified atom stereocenters. The monoisotopic (exact) mass is 322 g/mol. The average molecular weight is 322 g/mol. The van der Waals surface area contributed by atoms with Crippen LogP contribution < -0.4 is 20.3 Å². The largest absolute Gasteiger partial charge is 0.493 e.